The molecule has 2 saturated carbocycles. The Bertz CT molecular complexity index is 504. The SMILES string of the molecule is O=C(c1ccc(F)cc1)N(C1CC1)[C@H]1CC[C@H](CCO)CC1. The molecule has 4 heteroatoms. The van der Waals surface area contributed by atoms with Gasteiger partial charge in [0.05, 0.1) is 0 Å². The van der Waals surface area contributed by atoms with Crippen molar-refractivity contribution < 1.29 is 14.3 Å². The number of nitrogens with zero attached hydrogens (tertiary/aromatic N) is 1. The zero-order chi connectivity index (χ0) is 15.5. The lowest BCUT2D eigenvalue weighted by molar-refractivity contribution is 0.0578. The number of aliphatic hydroxyl groups is 1. The summed E-state index contributed by atoms with van der Waals surface area (Å²) in [5, 5.41) is 9.06. The van der Waals surface area contributed by atoms with E-state index in [1.165, 1.54) is 12.1 Å². The number of amides is 1. The van der Waals surface area contributed by atoms with Crippen molar-refractivity contribution in [2.45, 2.75) is 57.0 Å². The van der Waals surface area contributed by atoms with Crippen LogP contribution in [0.4, 0.5) is 4.39 Å². The highest BCUT2D eigenvalue weighted by Crippen LogP contribution is 2.37. The van der Waals surface area contributed by atoms with E-state index in [1.54, 1.807) is 12.1 Å². The van der Waals surface area contributed by atoms with E-state index in [1.807, 2.05) is 0 Å². The first-order chi connectivity index (χ1) is 10.7. The number of rotatable bonds is 5. The van der Waals surface area contributed by atoms with Gasteiger partial charge in [-0.1, -0.05) is 0 Å². The van der Waals surface area contributed by atoms with Crippen LogP contribution in [0.25, 0.3) is 0 Å². The molecule has 22 heavy (non-hydrogen) atoms. The minimum Gasteiger partial charge on any atom is -0.396 e. The number of halogens is 1. The second-order valence-electron chi connectivity index (χ2n) is 6.64. The molecular weight excluding hydrogens is 281 g/mol. The van der Waals surface area contributed by atoms with E-state index < -0.39 is 0 Å². The maximum atomic E-state index is 13.0. The fourth-order valence-corrected chi connectivity index (χ4v) is 3.62. The van der Waals surface area contributed by atoms with Crippen LogP contribution in [0.2, 0.25) is 0 Å². The Balaban J connectivity index is 1.68. The van der Waals surface area contributed by atoms with Crippen molar-refractivity contribution in [1.29, 1.82) is 0 Å². The molecule has 0 spiro atoms. The lowest BCUT2D eigenvalue weighted by atomic mass is 9.83. The van der Waals surface area contributed by atoms with Gasteiger partial charge >= 0.3 is 0 Å². The van der Waals surface area contributed by atoms with Gasteiger partial charge in [-0.05, 0) is 75.1 Å². The smallest absolute Gasteiger partial charge is 0.254 e. The van der Waals surface area contributed by atoms with E-state index in [0.29, 0.717) is 23.6 Å². The molecule has 1 amide bonds. The van der Waals surface area contributed by atoms with Crippen LogP contribution in [0.15, 0.2) is 24.3 Å². The van der Waals surface area contributed by atoms with Crippen molar-refractivity contribution in [2.24, 2.45) is 5.92 Å². The summed E-state index contributed by atoms with van der Waals surface area (Å²) in [4.78, 5) is 14.9. The van der Waals surface area contributed by atoms with E-state index in [2.05, 4.69) is 4.90 Å². The van der Waals surface area contributed by atoms with Crippen molar-refractivity contribution in [2.75, 3.05) is 6.61 Å². The normalized spacial score (nSPS) is 25.0. The molecule has 0 atom stereocenters. The van der Waals surface area contributed by atoms with E-state index in [-0.39, 0.29) is 18.3 Å². The summed E-state index contributed by atoms with van der Waals surface area (Å²) in [5.41, 5.74) is 0.589. The summed E-state index contributed by atoms with van der Waals surface area (Å²) in [6.45, 7) is 0.260. The predicted molar refractivity (Wildman–Crippen MR) is 83.0 cm³/mol. The lowest BCUT2D eigenvalue weighted by Gasteiger charge is -2.37. The van der Waals surface area contributed by atoms with Gasteiger partial charge in [-0.25, -0.2) is 4.39 Å². The van der Waals surface area contributed by atoms with Crippen LogP contribution >= 0.6 is 0 Å². The van der Waals surface area contributed by atoms with Crippen LogP contribution in [0.5, 0.6) is 0 Å². The van der Waals surface area contributed by atoms with Gasteiger partial charge in [-0.15, -0.1) is 0 Å². The van der Waals surface area contributed by atoms with Crippen LogP contribution in [0.3, 0.4) is 0 Å². The number of hydrogen-bond donors (Lipinski definition) is 1. The van der Waals surface area contributed by atoms with Crippen molar-refractivity contribution in [3.63, 3.8) is 0 Å². The lowest BCUT2D eigenvalue weighted by Crippen LogP contribution is -2.44. The quantitative estimate of drug-likeness (QED) is 0.906. The average Bonchev–Trinajstić information content (AvgIpc) is 3.35. The summed E-state index contributed by atoms with van der Waals surface area (Å²) < 4.78 is 13.0. The Labute approximate surface area is 131 Å². The molecule has 3 rings (SSSR count). The van der Waals surface area contributed by atoms with Gasteiger partial charge < -0.3 is 10.0 Å². The Morgan fingerprint density at radius 1 is 1.05 bits per heavy atom. The Hall–Kier alpha value is -1.42. The summed E-state index contributed by atoms with van der Waals surface area (Å²) in [6.07, 6.45) is 7.27. The van der Waals surface area contributed by atoms with E-state index in [4.69, 9.17) is 5.11 Å². The molecule has 0 saturated heterocycles. The van der Waals surface area contributed by atoms with E-state index in [0.717, 1.165) is 44.9 Å². The average molecular weight is 305 g/mol. The van der Waals surface area contributed by atoms with Crippen LogP contribution in [-0.2, 0) is 0 Å². The molecule has 120 valence electrons. The molecule has 0 radical (unpaired) electrons. The summed E-state index contributed by atoms with van der Waals surface area (Å²) in [6, 6.07) is 6.57. The van der Waals surface area contributed by atoms with Gasteiger partial charge in [0.15, 0.2) is 0 Å². The molecule has 0 heterocycles. The van der Waals surface area contributed by atoms with Crippen molar-refractivity contribution in [1.82, 2.24) is 4.90 Å². The molecular formula is C18H24FNO2. The number of aliphatic hydroxyl groups excluding tert-OH is 1. The first kappa shape index (κ1) is 15.5. The van der Waals surface area contributed by atoms with Gasteiger partial charge in [0.1, 0.15) is 5.82 Å². The standard InChI is InChI=1S/C18H24FNO2/c19-15-5-3-14(4-6-15)18(22)20(17-9-10-17)16-7-1-13(2-8-16)11-12-21/h3-6,13,16-17,21H,1-2,7-12H2/t13-,16-. The fraction of sp³-hybridized carbons (Fsp3) is 0.611. The Kier molecular flexibility index (Phi) is 4.77. The third-order valence-corrected chi connectivity index (χ3v) is 5.01. The van der Waals surface area contributed by atoms with Gasteiger partial charge in [0.25, 0.3) is 5.91 Å². The maximum Gasteiger partial charge on any atom is 0.254 e. The van der Waals surface area contributed by atoms with Crippen molar-refractivity contribution in [3.8, 4) is 0 Å². The molecule has 0 aliphatic heterocycles. The molecule has 0 bridgehead atoms. The zero-order valence-corrected chi connectivity index (χ0v) is 12.9. The first-order valence-corrected chi connectivity index (χ1v) is 8.38. The van der Waals surface area contributed by atoms with Crippen LogP contribution in [0.1, 0.15) is 55.3 Å². The van der Waals surface area contributed by atoms with Crippen LogP contribution < -0.4 is 0 Å². The summed E-state index contributed by atoms with van der Waals surface area (Å²) in [7, 11) is 0. The Morgan fingerprint density at radius 3 is 2.09 bits per heavy atom. The topological polar surface area (TPSA) is 40.5 Å². The maximum absolute atomic E-state index is 13.0. The van der Waals surface area contributed by atoms with Gasteiger partial charge in [0, 0.05) is 24.3 Å². The summed E-state index contributed by atoms with van der Waals surface area (Å²) >= 11 is 0. The van der Waals surface area contributed by atoms with E-state index in [9.17, 15) is 9.18 Å². The molecule has 1 N–H and O–H groups in total. The molecule has 1 aromatic rings. The van der Waals surface area contributed by atoms with Gasteiger partial charge in [-0.3, -0.25) is 4.79 Å². The predicted octanol–water partition coefficient (Wildman–Crippen LogP) is 3.37. The minimum absolute atomic E-state index is 0.0492. The molecule has 1 aromatic carbocycles. The number of carbonyl (C=O) groups is 1. The minimum atomic E-state index is -0.306. The molecule has 2 aliphatic rings. The third kappa shape index (κ3) is 3.49. The first-order valence-electron chi connectivity index (χ1n) is 8.38. The van der Waals surface area contributed by atoms with Crippen molar-refractivity contribution >= 4 is 5.91 Å². The van der Waals surface area contributed by atoms with Gasteiger partial charge in [0.2, 0.25) is 0 Å². The van der Waals surface area contributed by atoms with Crippen molar-refractivity contribution in [3.05, 3.63) is 35.6 Å². The number of benzene rings is 1. The Morgan fingerprint density at radius 2 is 1.59 bits per heavy atom. The molecule has 3 nitrogen and oxygen atoms in total. The number of hydrogen-bond acceptors (Lipinski definition) is 2. The molecule has 0 unspecified atom stereocenters. The fourth-order valence-electron chi connectivity index (χ4n) is 3.62. The molecule has 2 aliphatic carbocycles. The second-order valence-corrected chi connectivity index (χ2v) is 6.64. The highest BCUT2D eigenvalue weighted by Gasteiger charge is 2.39. The zero-order valence-electron chi connectivity index (χ0n) is 12.9. The monoisotopic (exact) mass is 305 g/mol. The van der Waals surface area contributed by atoms with E-state index >= 15 is 0 Å². The number of carbonyl (C=O) groups excluding carboxylic acids is 1. The van der Waals surface area contributed by atoms with Gasteiger partial charge in [-0.2, -0.15) is 0 Å². The third-order valence-electron chi connectivity index (χ3n) is 5.01. The highest BCUT2D eigenvalue weighted by atomic mass is 19.1. The highest BCUT2D eigenvalue weighted by molar-refractivity contribution is 5.94. The second kappa shape index (κ2) is 6.78. The van der Waals surface area contributed by atoms with Crippen LogP contribution in [0, 0.1) is 11.7 Å². The largest absolute Gasteiger partial charge is 0.396 e. The summed E-state index contributed by atoms with van der Waals surface area (Å²) in [5.74, 6) is 0.343. The molecule has 2 fully saturated rings. The molecule has 0 aromatic heterocycles. The van der Waals surface area contributed by atoms with Crippen LogP contribution in [-0.4, -0.2) is 34.6 Å².